The minimum absolute atomic E-state index is 0.247. The van der Waals surface area contributed by atoms with Crippen LogP contribution in [0.5, 0.6) is 0 Å². The SMILES string of the molecule is COC(=O)CCN1CCN(S(=O)(=O)CC(=O)O)CC1. The highest BCUT2D eigenvalue weighted by atomic mass is 32.2. The first-order chi connectivity index (χ1) is 8.85. The molecule has 0 radical (unpaired) electrons. The summed E-state index contributed by atoms with van der Waals surface area (Å²) in [5, 5.41) is 8.54. The van der Waals surface area contributed by atoms with Gasteiger partial charge in [-0.3, -0.25) is 9.59 Å². The molecule has 1 N–H and O–H groups in total. The molecule has 110 valence electrons. The average Bonchev–Trinajstić information content (AvgIpc) is 2.35. The van der Waals surface area contributed by atoms with Crippen molar-refractivity contribution in [3.05, 3.63) is 0 Å². The van der Waals surface area contributed by atoms with Gasteiger partial charge in [0.25, 0.3) is 0 Å². The van der Waals surface area contributed by atoms with Gasteiger partial charge in [-0.15, -0.1) is 0 Å². The third-order valence-corrected chi connectivity index (χ3v) is 4.65. The van der Waals surface area contributed by atoms with Crippen LogP contribution in [0.2, 0.25) is 0 Å². The summed E-state index contributed by atoms with van der Waals surface area (Å²) in [7, 11) is -2.41. The maximum Gasteiger partial charge on any atom is 0.320 e. The molecule has 0 unspecified atom stereocenters. The van der Waals surface area contributed by atoms with Crippen LogP contribution in [0, 0.1) is 0 Å². The molecule has 0 aromatic heterocycles. The van der Waals surface area contributed by atoms with Crippen molar-refractivity contribution in [3.63, 3.8) is 0 Å². The molecule has 1 rings (SSSR count). The fourth-order valence-electron chi connectivity index (χ4n) is 1.83. The Hall–Kier alpha value is -1.19. The van der Waals surface area contributed by atoms with E-state index < -0.39 is 21.7 Å². The molecule has 1 aliphatic heterocycles. The summed E-state index contributed by atoms with van der Waals surface area (Å²) in [6.07, 6.45) is 0.262. The predicted molar refractivity (Wildman–Crippen MR) is 66.1 cm³/mol. The number of carboxylic acids is 1. The smallest absolute Gasteiger partial charge is 0.320 e. The number of aliphatic carboxylic acids is 1. The summed E-state index contributed by atoms with van der Waals surface area (Å²) in [5.74, 6) is -2.54. The second-order valence-electron chi connectivity index (χ2n) is 4.22. The highest BCUT2D eigenvalue weighted by Crippen LogP contribution is 2.08. The van der Waals surface area contributed by atoms with Crippen LogP contribution in [0.25, 0.3) is 0 Å². The monoisotopic (exact) mass is 294 g/mol. The van der Waals surface area contributed by atoms with E-state index >= 15 is 0 Å². The Balaban J connectivity index is 2.40. The lowest BCUT2D eigenvalue weighted by Gasteiger charge is -2.33. The van der Waals surface area contributed by atoms with E-state index in [1.54, 1.807) is 0 Å². The highest BCUT2D eigenvalue weighted by molar-refractivity contribution is 7.89. The normalized spacial score (nSPS) is 18.2. The number of carbonyl (C=O) groups is 2. The van der Waals surface area contributed by atoms with E-state index in [0.717, 1.165) is 0 Å². The Labute approximate surface area is 112 Å². The standard InChI is InChI=1S/C10H18N2O6S/c1-18-10(15)2-3-11-4-6-12(7-5-11)19(16,17)8-9(13)14/h2-8H2,1H3,(H,13,14). The van der Waals surface area contributed by atoms with Crippen LogP contribution in [0.3, 0.4) is 0 Å². The molecule has 0 spiro atoms. The third-order valence-electron chi connectivity index (χ3n) is 2.89. The molecule has 0 aliphatic carbocycles. The number of nitrogens with zero attached hydrogens (tertiary/aromatic N) is 2. The predicted octanol–water partition coefficient (Wildman–Crippen LogP) is -1.42. The second kappa shape index (κ2) is 6.83. The van der Waals surface area contributed by atoms with E-state index in [2.05, 4.69) is 4.74 Å². The van der Waals surface area contributed by atoms with Crippen molar-refractivity contribution in [1.82, 2.24) is 9.21 Å². The van der Waals surface area contributed by atoms with Gasteiger partial charge in [0.2, 0.25) is 10.0 Å². The van der Waals surface area contributed by atoms with E-state index in [9.17, 15) is 18.0 Å². The van der Waals surface area contributed by atoms with Crippen LogP contribution < -0.4 is 0 Å². The summed E-state index contributed by atoms with van der Waals surface area (Å²) < 4.78 is 29.0. The Bertz CT molecular complexity index is 427. The number of piperazine rings is 1. The number of methoxy groups -OCH3 is 1. The van der Waals surface area contributed by atoms with Crippen LogP contribution in [-0.4, -0.2) is 80.3 Å². The summed E-state index contributed by atoms with van der Waals surface area (Å²) >= 11 is 0. The average molecular weight is 294 g/mol. The maximum atomic E-state index is 11.7. The first kappa shape index (κ1) is 15.9. The molecule has 8 nitrogen and oxygen atoms in total. The number of esters is 1. The Kier molecular flexibility index (Phi) is 5.70. The molecule has 1 aliphatic rings. The van der Waals surface area contributed by atoms with Crippen molar-refractivity contribution >= 4 is 22.0 Å². The summed E-state index contributed by atoms with van der Waals surface area (Å²) in [6, 6.07) is 0. The lowest BCUT2D eigenvalue weighted by molar-refractivity contribution is -0.141. The first-order valence-electron chi connectivity index (χ1n) is 5.84. The number of hydrogen-bond donors (Lipinski definition) is 1. The molecule has 0 atom stereocenters. The molecule has 0 aromatic rings. The number of rotatable bonds is 6. The zero-order valence-electron chi connectivity index (χ0n) is 10.7. The number of carboxylic acid groups (broad SMARTS) is 1. The summed E-state index contributed by atoms with van der Waals surface area (Å²) in [4.78, 5) is 23.4. The van der Waals surface area contributed by atoms with Gasteiger partial charge < -0.3 is 14.7 Å². The summed E-state index contributed by atoms with van der Waals surface area (Å²) in [6.45, 7) is 1.97. The van der Waals surface area contributed by atoms with Crippen molar-refractivity contribution < 1.29 is 27.9 Å². The van der Waals surface area contributed by atoms with Crippen molar-refractivity contribution in [2.75, 3.05) is 45.6 Å². The van der Waals surface area contributed by atoms with Crippen LogP contribution in [0.15, 0.2) is 0 Å². The van der Waals surface area contributed by atoms with Crippen LogP contribution in [0.1, 0.15) is 6.42 Å². The van der Waals surface area contributed by atoms with Crippen molar-refractivity contribution in [3.8, 4) is 0 Å². The molecule has 0 bridgehead atoms. The van der Waals surface area contributed by atoms with Gasteiger partial charge in [-0.1, -0.05) is 0 Å². The van der Waals surface area contributed by atoms with Gasteiger partial charge in [0.15, 0.2) is 5.75 Å². The van der Waals surface area contributed by atoms with Crippen LogP contribution in [-0.2, 0) is 24.3 Å². The van der Waals surface area contributed by atoms with Crippen molar-refractivity contribution in [2.45, 2.75) is 6.42 Å². The quantitative estimate of drug-likeness (QED) is 0.600. The highest BCUT2D eigenvalue weighted by Gasteiger charge is 2.28. The van der Waals surface area contributed by atoms with E-state index in [1.165, 1.54) is 11.4 Å². The molecular weight excluding hydrogens is 276 g/mol. The van der Waals surface area contributed by atoms with Crippen molar-refractivity contribution in [2.24, 2.45) is 0 Å². The van der Waals surface area contributed by atoms with Gasteiger partial charge in [0.1, 0.15) is 0 Å². The number of hydrogen-bond acceptors (Lipinski definition) is 6. The van der Waals surface area contributed by atoms with Gasteiger partial charge >= 0.3 is 11.9 Å². The van der Waals surface area contributed by atoms with Gasteiger partial charge in [-0.25, -0.2) is 8.42 Å². The molecule has 19 heavy (non-hydrogen) atoms. The van der Waals surface area contributed by atoms with Gasteiger partial charge in [0.05, 0.1) is 13.5 Å². The molecule has 1 heterocycles. The zero-order valence-corrected chi connectivity index (χ0v) is 11.6. The Morgan fingerprint density at radius 3 is 2.26 bits per heavy atom. The third kappa shape index (κ3) is 5.13. The topological polar surface area (TPSA) is 104 Å². The number of sulfonamides is 1. The van der Waals surface area contributed by atoms with Crippen LogP contribution >= 0.6 is 0 Å². The molecular formula is C10H18N2O6S. The molecule has 1 saturated heterocycles. The molecule has 0 aromatic carbocycles. The van der Waals surface area contributed by atoms with E-state index in [1.807, 2.05) is 4.90 Å². The van der Waals surface area contributed by atoms with E-state index in [-0.39, 0.29) is 25.5 Å². The van der Waals surface area contributed by atoms with Crippen molar-refractivity contribution in [1.29, 1.82) is 0 Å². The summed E-state index contributed by atoms with van der Waals surface area (Å²) in [5.41, 5.74) is 0. The minimum Gasteiger partial charge on any atom is -0.480 e. The lowest BCUT2D eigenvalue weighted by Crippen LogP contribution is -2.50. The number of carbonyl (C=O) groups excluding carboxylic acids is 1. The zero-order chi connectivity index (χ0) is 14.5. The lowest BCUT2D eigenvalue weighted by atomic mass is 10.3. The fraction of sp³-hybridized carbons (Fsp3) is 0.800. The minimum atomic E-state index is -3.73. The van der Waals surface area contributed by atoms with Gasteiger partial charge in [-0.2, -0.15) is 4.31 Å². The first-order valence-corrected chi connectivity index (χ1v) is 7.45. The Morgan fingerprint density at radius 2 is 1.79 bits per heavy atom. The molecule has 1 fully saturated rings. The van der Waals surface area contributed by atoms with E-state index in [4.69, 9.17) is 5.11 Å². The molecule has 9 heteroatoms. The molecule has 0 amide bonds. The Morgan fingerprint density at radius 1 is 1.21 bits per heavy atom. The second-order valence-corrected chi connectivity index (χ2v) is 6.19. The van der Waals surface area contributed by atoms with Gasteiger partial charge in [-0.05, 0) is 0 Å². The number of ether oxygens (including phenoxy) is 1. The van der Waals surface area contributed by atoms with Gasteiger partial charge in [0, 0.05) is 32.7 Å². The van der Waals surface area contributed by atoms with Crippen LogP contribution in [0.4, 0.5) is 0 Å². The fourth-order valence-corrected chi connectivity index (χ4v) is 3.04. The largest absolute Gasteiger partial charge is 0.480 e. The van der Waals surface area contributed by atoms with E-state index in [0.29, 0.717) is 19.6 Å². The molecule has 0 saturated carbocycles. The maximum absolute atomic E-state index is 11.7.